The zero-order valence-corrected chi connectivity index (χ0v) is 8.91. The molecule has 1 aliphatic heterocycles. The quantitative estimate of drug-likeness (QED) is 0.719. The lowest BCUT2D eigenvalue weighted by Gasteiger charge is -2.40. The number of carbonyl (C=O) groups excluding carboxylic acids is 1. The molecule has 0 bridgehead atoms. The SMILES string of the molecule is CC(C(N)=O)N1CCCC2CCCC21. The molecule has 0 spiro atoms. The van der Waals surface area contributed by atoms with Crippen LogP contribution in [0.1, 0.15) is 39.0 Å². The van der Waals surface area contributed by atoms with Crippen LogP contribution in [0.5, 0.6) is 0 Å². The van der Waals surface area contributed by atoms with Crippen LogP contribution in [-0.4, -0.2) is 29.4 Å². The van der Waals surface area contributed by atoms with E-state index < -0.39 is 0 Å². The van der Waals surface area contributed by atoms with Gasteiger partial charge in [-0.3, -0.25) is 9.69 Å². The van der Waals surface area contributed by atoms with Gasteiger partial charge < -0.3 is 5.73 Å². The summed E-state index contributed by atoms with van der Waals surface area (Å²) >= 11 is 0. The summed E-state index contributed by atoms with van der Waals surface area (Å²) < 4.78 is 0. The first-order chi connectivity index (χ1) is 6.70. The van der Waals surface area contributed by atoms with E-state index in [1.807, 2.05) is 6.92 Å². The molecule has 3 unspecified atom stereocenters. The van der Waals surface area contributed by atoms with Gasteiger partial charge in [0, 0.05) is 6.04 Å². The van der Waals surface area contributed by atoms with Crippen molar-refractivity contribution in [3.8, 4) is 0 Å². The molecule has 0 aromatic carbocycles. The van der Waals surface area contributed by atoms with Gasteiger partial charge in [0.15, 0.2) is 0 Å². The average Bonchev–Trinajstić information content (AvgIpc) is 2.63. The Morgan fingerprint density at radius 1 is 1.36 bits per heavy atom. The summed E-state index contributed by atoms with van der Waals surface area (Å²) in [4.78, 5) is 13.5. The largest absolute Gasteiger partial charge is 0.368 e. The van der Waals surface area contributed by atoms with E-state index in [1.165, 1.54) is 32.1 Å². The molecule has 0 aromatic rings. The van der Waals surface area contributed by atoms with Crippen LogP contribution in [0.15, 0.2) is 0 Å². The van der Waals surface area contributed by atoms with Crippen LogP contribution in [-0.2, 0) is 4.79 Å². The standard InChI is InChI=1S/C11H20N2O/c1-8(11(12)14)13-7-3-5-9-4-2-6-10(9)13/h8-10H,2-7H2,1H3,(H2,12,14). The van der Waals surface area contributed by atoms with Gasteiger partial charge in [0.05, 0.1) is 6.04 Å². The van der Waals surface area contributed by atoms with Crippen LogP contribution in [0, 0.1) is 5.92 Å². The fraction of sp³-hybridized carbons (Fsp3) is 0.909. The monoisotopic (exact) mass is 196 g/mol. The number of rotatable bonds is 2. The van der Waals surface area contributed by atoms with Gasteiger partial charge in [-0.2, -0.15) is 0 Å². The topological polar surface area (TPSA) is 46.3 Å². The smallest absolute Gasteiger partial charge is 0.234 e. The van der Waals surface area contributed by atoms with Crippen molar-refractivity contribution in [2.24, 2.45) is 11.7 Å². The lowest BCUT2D eigenvalue weighted by atomic mass is 9.91. The molecule has 1 aliphatic carbocycles. The number of hydrogen-bond acceptors (Lipinski definition) is 2. The third-order valence-corrected chi connectivity index (χ3v) is 3.95. The molecule has 3 heteroatoms. The summed E-state index contributed by atoms with van der Waals surface area (Å²) in [6.07, 6.45) is 6.54. The zero-order valence-electron chi connectivity index (χ0n) is 8.91. The second kappa shape index (κ2) is 3.89. The Balaban J connectivity index is 2.06. The number of carbonyl (C=O) groups is 1. The van der Waals surface area contributed by atoms with E-state index in [-0.39, 0.29) is 11.9 Å². The highest BCUT2D eigenvalue weighted by molar-refractivity contribution is 5.79. The van der Waals surface area contributed by atoms with Gasteiger partial charge in [0.2, 0.25) is 5.91 Å². The lowest BCUT2D eigenvalue weighted by molar-refractivity contribution is -0.124. The van der Waals surface area contributed by atoms with E-state index in [2.05, 4.69) is 4.90 Å². The maximum Gasteiger partial charge on any atom is 0.234 e. The molecular weight excluding hydrogens is 176 g/mol. The first kappa shape index (κ1) is 9.97. The molecule has 80 valence electrons. The Morgan fingerprint density at radius 3 is 2.79 bits per heavy atom. The van der Waals surface area contributed by atoms with Crippen molar-refractivity contribution in [2.75, 3.05) is 6.54 Å². The Morgan fingerprint density at radius 2 is 2.07 bits per heavy atom. The number of fused-ring (bicyclic) bond motifs is 1. The van der Waals surface area contributed by atoms with Gasteiger partial charge in [0.1, 0.15) is 0 Å². The van der Waals surface area contributed by atoms with E-state index in [0.717, 1.165) is 12.5 Å². The maximum atomic E-state index is 11.2. The van der Waals surface area contributed by atoms with Crippen molar-refractivity contribution in [3.63, 3.8) is 0 Å². The summed E-state index contributed by atoms with van der Waals surface area (Å²) in [5, 5.41) is 0. The Hall–Kier alpha value is -0.570. The third kappa shape index (κ3) is 1.65. The third-order valence-electron chi connectivity index (χ3n) is 3.95. The Labute approximate surface area is 85.6 Å². The van der Waals surface area contributed by atoms with Gasteiger partial charge in [-0.15, -0.1) is 0 Å². The molecule has 0 aromatic heterocycles. The zero-order chi connectivity index (χ0) is 10.1. The van der Waals surface area contributed by atoms with Gasteiger partial charge in [-0.1, -0.05) is 6.42 Å². The minimum absolute atomic E-state index is 0.0686. The lowest BCUT2D eigenvalue weighted by Crippen LogP contribution is -2.52. The number of amides is 1. The van der Waals surface area contributed by atoms with Crippen LogP contribution in [0.4, 0.5) is 0 Å². The van der Waals surface area contributed by atoms with Crippen molar-refractivity contribution < 1.29 is 4.79 Å². The van der Waals surface area contributed by atoms with Crippen molar-refractivity contribution in [1.82, 2.24) is 4.90 Å². The van der Waals surface area contributed by atoms with E-state index in [1.54, 1.807) is 0 Å². The number of hydrogen-bond donors (Lipinski definition) is 1. The normalized spacial score (nSPS) is 35.2. The van der Waals surface area contributed by atoms with E-state index in [0.29, 0.717) is 6.04 Å². The summed E-state index contributed by atoms with van der Waals surface area (Å²) in [6, 6.07) is 0.576. The minimum atomic E-state index is -0.169. The predicted molar refractivity (Wildman–Crippen MR) is 55.7 cm³/mol. The molecule has 1 saturated carbocycles. The first-order valence-corrected chi connectivity index (χ1v) is 5.75. The molecule has 2 N–H and O–H groups in total. The van der Waals surface area contributed by atoms with Gasteiger partial charge in [-0.05, 0) is 45.1 Å². The van der Waals surface area contributed by atoms with Crippen molar-refractivity contribution >= 4 is 5.91 Å². The maximum absolute atomic E-state index is 11.2. The molecule has 1 saturated heterocycles. The van der Waals surface area contributed by atoms with Crippen LogP contribution in [0.2, 0.25) is 0 Å². The Kier molecular flexibility index (Phi) is 2.77. The van der Waals surface area contributed by atoms with Crippen LogP contribution in [0.3, 0.4) is 0 Å². The van der Waals surface area contributed by atoms with E-state index in [9.17, 15) is 4.79 Å². The summed E-state index contributed by atoms with van der Waals surface area (Å²) in [7, 11) is 0. The summed E-state index contributed by atoms with van der Waals surface area (Å²) in [5.74, 6) is 0.670. The first-order valence-electron chi connectivity index (χ1n) is 5.75. The molecule has 2 rings (SSSR count). The fourth-order valence-corrected chi connectivity index (χ4v) is 3.14. The summed E-state index contributed by atoms with van der Waals surface area (Å²) in [6.45, 7) is 3.01. The number of nitrogens with zero attached hydrogens (tertiary/aromatic N) is 1. The summed E-state index contributed by atoms with van der Waals surface area (Å²) in [5.41, 5.74) is 5.37. The van der Waals surface area contributed by atoms with Crippen molar-refractivity contribution in [2.45, 2.75) is 51.1 Å². The van der Waals surface area contributed by atoms with Crippen LogP contribution >= 0.6 is 0 Å². The number of likely N-dealkylation sites (tertiary alicyclic amines) is 1. The van der Waals surface area contributed by atoms with Crippen molar-refractivity contribution in [1.29, 1.82) is 0 Å². The van der Waals surface area contributed by atoms with E-state index in [4.69, 9.17) is 5.73 Å². The highest BCUT2D eigenvalue weighted by Gasteiger charge is 2.38. The number of primary amides is 1. The molecule has 14 heavy (non-hydrogen) atoms. The van der Waals surface area contributed by atoms with Crippen LogP contribution < -0.4 is 5.73 Å². The molecule has 3 atom stereocenters. The van der Waals surface area contributed by atoms with Gasteiger partial charge in [0.25, 0.3) is 0 Å². The highest BCUT2D eigenvalue weighted by atomic mass is 16.1. The second-order valence-corrected chi connectivity index (χ2v) is 4.72. The van der Waals surface area contributed by atoms with Crippen LogP contribution in [0.25, 0.3) is 0 Å². The molecule has 0 radical (unpaired) electrons. The molecule has 2 fully saturated rings. The van der Waals surface area contributed by atoms with Gasteiger partial charge in [-0.25, -0.2) is 0 Å². The second-order valence-electron chi connectivity index (χ2n) is 4.72. The predicted octanol–water partition coefficient (Wildman–Crippen LogP) is 1.12. The number of piperidine rings is 1. The average molecular weight is 196 g/mol. The van der Waals surface area contributed by atoms with Gasteiger partial charge >= 0.3 is 0 Å². The highest BCUT2D eigenvalue weighted by Crippen LogP contribution is 2.37. The molecule has 3 nitrogen and oxygen atoms in total. The molecule has 2 aliphatic rings. The number of nitrogens with two attached hydrogens (primary N) is 1. The Bertz CT molecular complexity index is 229. The van der Waals surface area contributed by atoms with Crippen molar-refractivity contribution in [3.05, 3.63) is 0 Å². The van der Waals surface area contributed by atoms with E-state index >= 15 is 0 Å². The molecular formula is C11H20N2O. The fourth-order valence-electron chi connectivity index (χ4n) is 3.14. The molecule has 1 amide bonds. The molecule has 1 heterocycles. The minimum Gasteiger partial charge on any atom is -0.368 e.